The summed E-state index contributed by atoms with van der Waals surface area (Å²) in [7, 11) is -4.32. The van der Waals surface area contributed by atoms with Crippen LogP contribution in [0.3, 0.4) is 0 Å². The molecule has 1 fully saturated rings. The first kappa shape index (κ1) is 18.1. The fraction of sp³-hybridized carbons (Fsp3) is 0.462. The minimum Gasteiger partial charge on any atom is -0.465 e. The first-order valence-electron chi connectivity index (χ1n) is 7.00. The largest absolute Gasteiger partial charge is 0.465 e. The van der Waals surface area contributed by atoms with Crippen molar-refractivity contribution in [2.75, 3.05) is 13.1 Å². The lowest BCUT2D eigenvalue weighted by atomic mass is 10.1. The maximum Gasteiger partial charge on any atom is 0.407 e. The van der Waals surface area contributed by atoms with Crippen molar-refractivity contribution in [2.45, 2.75) is 30.0 Å². The molecule has 1 aliphatic rings. The van der Waals surface area contributed by atoms with E-state index in [-0.39, 0.29) is 36.5 Å². The number of nitrogens with zero attached hydrogens (tertiary/aromatic N) is 2. The number of alkyl halides is 1. The van der Waals surface area contributed by atoms with Gasteiger partial charge in [0.05, 0.1) is 9.82 Å². The van der Waals surface area contributed by atoms with Gasteiger partial charge in [-0.1, -0.05) is 0 Å². The summed E-state index contributed by atoms with van der Waals surface area (Å²) in [6.07, 6.45) is -4.44. The van der Waals surface area contributed by atoms with E-state index in [1.54, 1.807) is 0 Å². The van der Waals surface area contributed by atoms with Crippen molar-refractivity contribution in [3.63, 3.8) is 0 Å². The summed E-state index contributed by atoms with van der Waals surface area (Å²) in [4.78, 5) is 21.5. The van der Waals surface area contributed by atoms with Gasteiger partial charge in [0.25, 0.3) is 15.8 Å². The molecule has 1 saturated heterocycles. The van der Waals surface area contributed by atoms with Gasteiger partial charge in [0, 0.05) is 25.2 Å². The second-order valence-electron chi connectivity index (χ2n) is 5.20. The van der Waals surface area contributed by atoms with E-state index in [0.29, 0.717) is 0 Å². The fourth-order valence-electron chi connectivity index (χ4n) is 2.29. The van der Waals surface area contributed by atoms with Gasteiger partial charge in [0.15, 0.2) is 0 Å². The van der Waals surface area contributed by atoms with Gasteiger partial charge in [-0.15, -0.1) is 0 Å². The van der Waals surface area contributed by atoms with Gasteiger partial charge in [-0.3, -0.25) is 14.3 Å². The van der Waals surface area contributed by atoms with E-state index in [4.69, 9.17) is 9.29 Å². The number of benzene rings is 1. The third-order valence-electron chi connectivity index (χ3n) is 3.62. The molecule has 0 unspecified atom stereocenters. The van der Waals surface area contributed by atoms with Crippen LogP contribution in [0, 0.1) is 10.1 Å². The molecule has 9 nitrogen and oxygen atoms in total. The normalized spacial score (nSPS) is 22.0. The van der Waals surface area contributed by atoms with Crippen LogP contribution in [0.1, 0.15) is 12.8 Å². The number of carboxylic acid groups (broad SMARTS) is 1. The van der Waals surface area contributed by atoms with Crippen LogP contribution in [0.15, 0.2) is 29.2 Å². The van der Waals surface area contributed by atoms with Gasteiger partial charge in [-0.2, -0.15) is 8.42 Å². The maximum absolute atomic E-state index is 14.1. The summed E-state index contributed by atoms with van der Waals surface area (Å²) in [5.74, 6) is 0. The molecule has 1 aliphatic heterocycles. The molecule has 0 radical (unpaired) electrons. The van der Waals surface area contributed by atoms with Gasteiger partial charge >= 0.3 is 6.09 Å². The highest BCUT2D eigenvalue weighted by molar-refractivity contribution is 7.86. The number of rotatable bonds is 4. The second kappa shape index (κ2) is 7.09. The summed E-state index contributed by atoms with van der Waals surface area (Å²) >= 11 is 0. The Morgan fingerprint density at radius 3 is 2.42 bits per heavy atom. The number of amides is 1. The molecular weight excluding hydrogens is 347 g/mol. The van der Waals surface area contributed by atoms with Crippen LogP contribution < -0.4 is 0 Å². The smallest absolute Gasteiger partial charge is 0.407 e. The number of hydrogen-bond donors (Lipinski definition) is 1. The van der Waals surface area contributed by atoms with Crippen LogP contribution in [0.2, 0.25) is 0 Å². The van der Waals surface area contributed by atoms with Crippen molar-refractivity contribution < 1.29 is 31.8 Å². The summed E-state index contributed by atoms with van der Waals surface area (Å²) in [6, 6.07) is 4.01. The summed E-state index contributed by atoms with van der Waals surface area (Å²) in [6.45, 7) is -0.0931. The zero-order valence-corrected chi connectivity index (χ0v) is 13.2. The maximum atomic E-state index is 14.1. The predicted molar refractivity (Wildman–Crippen MR) is 78.9 cm³/mol. The van der Waals surface area contributed by atoms with Crippen LogP contribution in [0.5, 0.6) is 0 Å². The minimum absolute atomic E-state index is 0.0454. The lowest BCUT2D eigenvalue weighted by Crippen LogP contribution is -2.31. The molecule has 11 heteroatoms. The van der Waals surface area contributed by atoms with Crippen LogP contribution in [-0.4, -0.2) is 54.8 Å². The Kier molecular flexibility index (Phi) is 5.34. The molecule has 0 bridgehead atoms. The lowest BCUT2D eigenvalue weighted by molar-refractivity contribution is -0.384. The fourth-order valence-corrected chi connectivity index (χ4v) is 3.42. The average molecular weight is 362 g/mol. The molecule has 1 N–H and O–H groups in total. The van der Waals surface area contributed by atoms with Crippen molar-refractivity contribution in [3.8, 4) is 0 Å². The van der Waals surface area contributed by atoms with E-state index < -0.39 is 33.4 Å². The van der Waals surface area contributed by atoms with E-state index in [2.05, 4.69) is 0 Å². The molecule has 0 spiro atoms. The molecule has 1 amide bonds. The molecule has 1 aromatic rings. The summed E-state index contributed by atoms with van der Waals surface area (Å²) < 4.78 is 43.3. The van der Waals surface area contributed by atoms with E-state index in [1.807, 2.05) is 0 Å². The SMILES string of the molecule is O=C(O)N1CC[C@@H](F)[C@@H](OS(=O)(=O)c2ccc([N+](=O)[O-])cc2)CC1. The topological polar surface area (TPSA) is 127 Å². The van der Waals surface area contributed by atoms with Gasteiger partial charge in [-0.05, 0) is 25.0 Å². The van der Waals surface area contributed by atoms with Crippen LogP contribution in [0.4, 0.5) is 14.9 Å². The molecule has 132 valence electrons. The molecule has 2 atom stereocenters. The van der Waals surface area contributed by atoms with E-state index in [0.717, 1.165) is 29.2 Å². The molecule has 0 saturated carbocycles. The Bertz CT molecular complexity index is 722. The lowest BCUT2D eigenvalue weighted by Gasteiger charge is -2.18. The number of halogens is 1. The molecule has 0 aromatic heterocycles. The average Bonchev–Trinajstić information content (AvgIpc) is 2.70. The monoisotopic (exact) mass is 362 g/mol. The summed E-state index contributed by atoms with van der Waals surface area (Å²) in [5, 5.41) is 19.5. The Morgan fingerprint density at radius 2 is 1.88 bits per heavy atom. The Morgan fingerprint density at radius 1 is 1.29 bits per heavy atom. The highest BCUT2D eigenvalue weighted by Crippen LogP contribution is 2.24. The second-order valence-corrected chi connectivity index (χ2v) is 6.77. The van der Waals surface area contributed by atoms with Crippen molar-refractivity contribution in [1.82, 2.24) is 4.90 Å². The Balaban J connectivity index is 2.12. The number of hydrogen-bond acceptors (Lipinski definition) is 6. The standard InChI is InChI=1S/C13H15FN2O7S/c14-11-5-7-15(13(17)18)8-6-12(11)23-24(21,22)10-3-1-9(2-4-10)16(19)20/h1-4,11-12H,5-8H2,(H,17,18)/t11-,12+/m1/s1. The van der Waals surface area contributed by atoms with Crippen molar-refractivity contribution >= 4 is 21.9 Å². The zero-order valence-electron chi connectivity index (χ0n) is 12.4. The molecular formula is C13H15FN2O7S. The van der Waals surface area contributed by atoms with Crippen molar-refractivity contribution in [2.24, 2.45) is 0 Å². The number of carbonyl (C=O) groups is 1. The molecule has 0 aliphatic carbocycles. The first-order chi connectivity index (χ1) is 11.2. The predicted octanol–water partition coefficient (Wildman–Crippen LogP) is 1.78. The van der Waals surface area contributed by atoms with Gasteiger partial charge < -0.3 is 10.0 Å². The highest BCUT2D eigenvalue weighted by atomic mass is 32.2. The first-order valence-corrected chi connectivity index (χ1v) is 8.41. The van der Waals surface area contributed by atoms with Gasteiger partial charge in [0.1, 0.15) is 12.3 Å². The van der Waals surface area contributed by atoms with Gasteiger partial charge in [0.2, 0.25) is 0 Å². The third-order valence-corrected chi connectivity index (χ3v) is 4.97. The zero-order chi connectivity index (χ0) is 17.9. The summed E-state index contributed by atoms with van der Waals surface area (Å²) in [5.41, 5.74) is -0.288. The number of non-ortho nitro benzene ring substituents is 1. The van der Waals surface area contributed by atoms with Crippen LogP contribution >= 0.6 is 0 Å². The number of nitro groups is 1. The number of nitro benzene ring substituents is 1. The Labute approximate surface area is 136 Å². The number of likely N-dealkylation sites (tertiary alicyclic amines) is 1. The molecule has 24 heavy (non-hydrogen) atoms. The quantitative estimate of drug-likeness (QED) is 0.491. The Hall–Kier alpha value is -2.27. The van der Waals surface area contributed by atoms with Crippen LogP contribution in [-0.2, 0) is 14.3 Å². The third kappa shape index (κ3) is 4.17. The van der Waals surface area contributed by atoms with Crippen molar-refractivity contribution in [3.05, 3.63) is 34.4 Å². The van der Waals surface area contributed by atoms with Crippen molar-refractivity contribution in [1.29, 1.82) is 0 Å². The highest BCUT2D eigenvalue weighted by Gasteiger charge is 2.33. The van der Waals surface area contributed by atoms with E-state index in [1.165, 1.54) is 0 Å². The minimum atomic E-state index is -4.32. The van der Waals surface area contributed by atoms with E-state index >= 15 is 0 Å². The molecule has 2 rings (SSSR count). The van der Waals surface area contributed by atoms with Gasteiger partial charge in [-0.25, -0.2) is 9.18 Å². The van der Waals surface area contributed by atoms with E-state index in [9.17, 15) is 27.7 Å². The molecule has 1 heterocycles. The van der Waals surface area contributed by atoms with Crippen LogP contribution in [0.25, 0.3) is 0 Å². The molecule has 1 aromatic carbocycles.